The first-order chi connectivity index (χ1) is 13.0. The summed E-state index contributed by atoms with van der Waals surface area (Å²) in [5, 5.41) is 0.694. The summed E-state index contributed by atoms with van der Waals surface area (Å²) >= 11 is 12.1. The minimum Gasteiger partial charge on any atom is -0.321 e. The van der Waals surface area contributed by atoms with Gasteiger partial charge in [0.2, 0.25) is 0 Å². The molecular weight excluding hydrogens is 386 g/mol. The molecule has 134 valence electrons. The predicted molar refractivity (Wildman–Crippen MR) is 106 cm³/mol. The molecule has 27 heavy (non-hydrogen) atoms. The summed E-state index contributed by atoms with van der Waals surface area (Å²) in [7, 11) is 0. The molecule has 0 unspecified atom stereocenters. The fourth-order valence-electron chi connectivity index (χ4n) is 3.04. The lowest BCUT2D eigenvalue weighted by Crippen LogP contribution is -2.25. The van der Waals surface area contributed by atoms with Crippen LogP contribution >= 0.6 is 23.2 Å². The topological polar surface area (TPSA) is 32.7 Å². The SMILES string of the molecule is O=C(N=C1c2ccccc2CN1c1ccc(F)cc1)c1ccc(Cl)cc1Cl. The van der Waals surface area contributed by atoms with Crippen molar-refractivity contribution in [3.63, 3.8) is 0 Å². The number of anilines is 1. The van der Waals surface area contributed by atoms with Gasteiger partial charge in [0.1, 0.15) is 11.7 Å². The molecule has 0 fully saturated rings. The number of amides is 1. The van der Waals surface area contributed by atoms with E-state index >= 15 is 0 Å². The van der Waals surface area contributed by atoms with Crippen molar-refractivity contribution in [2.75, 3.05) is 4.90 Å². The predicted octanol–water partition coefficient (Wildman–Crippen LogP) is 5.74. The largest absolute Gasteiger partial charge is 0.321 e. The van der Waals surface area contributed by atoms with E-state index in [1.165, 1.54) is 18.2 Å². The third-order valence-electron chi connectivity index (χ3n) is 4.35. The van der Waals surface area contributed by atoms with Gasteiger partial charge in [-0.3, -0.25) is 4.79 Å². The van der Waals surface area contributed by atoms with Crippen molar-refractivity contribution < 1.29 is 9.18 Å². The lowest BCUT2D eigenvalue weighted by atomic mass is 10.1. The number of aliphatic imine (C=N–C) groups is 1. The maximum atomic E-state index is 13.3. The Morgan fingerprint density at radius 1 is 1.00 bits per heavy atom. The first kappa shape index (κ1) is 17.7. The highest BCUT2D eigenvalue weighted by Gasteiger charge is 2.27. The van der Waals surface area contributed by atoms with Crippen LogP contribution < -0.4 is 4.90 Å². The summed E-state index contributed by atoms with van der Waals surface area (Å²) in [5.41, 5.74) is 2.93. The zero-order chi connectivity index (χ0) is 19.0. The molecule has 1 heterocycles. The molecule has 0 saturated heterocycles. The highest BCUT2D eigenvalue weighted by Crippen LogP contribution is 2.30. The summed E-state index contributed by atoms with van der Waals surface area (Å²) in [4.78, 5) is 19.0. The first-order valence-corrected chi connectivity index (χ1v) is 8.98. The molecule has 4 rings (SSSR count). The summed E-state index contributed by atoms with van der Waals surface area (Å²) < 4.78 is 13.3. The lowest BCUT2D eigenvalue weighted by Gasteiger charge is -2.19. The van der Waals surface area contributed by atoms with Crippen LogP contribution in [0.3, 0.4) is 0 Å². The number of benzene rings is 3. The number of fused-ring (bicyclic) bond motifs is 1. The van der Waals surface area contributed by atoms with Crippen molar-refractivity contribution >= 4 is 40.6 Å². The zero-order valence-corrected chi connectivity index (χ0v) is 15.5. The average Bonchev–Trinajstić information content (AvgIpc) is 3.01. The Bertz CT molecular complexity index is 1060. The molecule has 3 nitrogen and oxygen atoms in total. The normalized spacial score (nSPS) is 14.5. The van der Waals surface area contributed by atoms with Crippen LogP contribution in [0.2, 0.25) is 10.0 Å². The van der Waals surface area contributed by atoms with Crippen molar-refractivity contribution in [1.29, 1.82) is 0 Å². The molecule has 0 spiro atoms. The molecule has 3 aromatic rings. The van der Waals surface area contributed by atoms with Crippen molar-refractivity contribution in [2.45, 2.75) is 6.54 Å². The Balaban J connectivity index is 1.79. The van der Waals surface area contributed by atoms with E-state index < -0.39 is 5.91 Å². The van der Waals surface area contributed by atoms with Gasteiger partial charge in [0.25, 0.3) is 5.91 Å². The maximum absolute atomic E-state index is 13.3. The van der Waals surface area contributed by atoms with E-state index in [2.05, 4.69) is 4.99 Å². The molecule has 6 heteroatoms. The Morgan fingerprint density at radius 2 is 1.74 bits per heavy atom. The van der Waals surface area contributed by atoms with Crippen molar-refractivity contribution in [3.05, 3.63) is 99.3 Å². The second kappa shape index (κ2) is 7.14. The van der Waals surface area contributed by atoms with Crippen LogP contribution in [0.4, 0.5) is 10.1 Å². The number of carbonyl (C=O) groups is 1. The van der Waals surface area contributed by atoms with Crippen molar-refractivity contribution in [3.8, 4) is 0 Å². The molecule has 3 aromatic carbocycles. The fourth-order valence-corrected chi connectivity index (χ4v) is 3.53. The van der Waals surface area contributed by atoms with Crippen LogP contribution in [0.15, 0.2) is 71.7 Å². The Hall–Kier alpha value is -2.69. The number of rotatable bonds is 2. The third kappa shape index (κ3) is 3.46. The smallest absolute Gasteiger partial charge is 0.280 e. The molecule has 0 radical (unpaired) electrons. The highest BCUT2D eigenvalue weighted by molar-refractivity contribution is 6.37. The van der Waals surface area contributed by atoms with Gasteiger partial charge >= 0.3 is 0 Å². The number of nitrogens with zero attached hydrogens (tertiary/aromatic N) is 2. The van der Waals surface area contributed by atoms with Crippen LogP contribution in [-0.2, 0) is 6.54 Å². The van der Waals surface area contributed by atoms with Gasteiger partial charge in [-0.1, -0.05) is 47.5 Å². The van der Waals surface area contributed by atoms with Gasteiger partial charge in [0, 0.05) is 16.3 Å². The highest BCUT2D eigenvalue weighted by atomic mass is 35.5. The van der Waals surface area contributed by atoms with Gasteiger partial charge in [-0.15, -0.1) is 0 Å². The van der Waals surface area contributed by atoms with Crippen LogP contribution in [0, 0.1) is 5.82 Å². The van der Waals surface area contributed by atoms with E-state index in [1.807, 2.05) is 29.2 Å². The minimum atomic E-state index is -0.463. The lowest BCUT2D eigenvalue weighted by molar-refractivity contribution is 0.100. The van der Waals surface area contributed by atoms with E-state index in [-0.39, 0.29) is 16.4 Å². The molecule has 1 amide bonds. The molecule has 1 aliphatic heterocycles. The summed E-state index contributed by atoms with van der Waals surface area (Å²) in [6.07, 6.45) is 0. The van der Waals surface area contributed by atoms with Crippen LogP contribution in [0.25, 0.3) is 0 Å². The molecule has 1 aliphatic rings. The fraction of sp³-hybridized carbons (Fsp3) is 0.0476. The number of amidine groups is 1. The molecule has 0 aromatic heterocycles. The van der Waals surface area contributed by atoms with Gasteiger partial charge in [-0.2, -0.15) is 4.99 Å². The third-order valence-corrected chi connectivity index (χ3v) is 4.90. The Kier molecular flexibility index (Phi) is 4.68. The molecule has 0 aliphatic carbocycles. The Labute approximate surface area is 165 Å². The number of hydrogen-bond acceptors (Lipinski definition) is 1. The summed E-state index contributed by atoms with van der Waals surface area (Å²) in [5.74, 6) is -0.276. The standard InChI is InChI=1S/C21H13Cl2FN2O/c22-14-5-10-18(19(23)11-14)21(27)25-20-17-4-2-1-3-13(17)12-26(20)16-8-6-15(24)7-9-16/h1-11H,12H2. The number of carbonyl (C=O) groups excluding carboxylic acids is 1. The van der Waals surface area contributed by atoms with Crippen LogP contribution in [-0.4, -0.2) is 11.7 Å². The van der Waals surface area contributed by atoms with E-state index in [4.69, 9.17) is 23.2 Å². The monoisotopic (exact) mass is 398 g/mol. The summed E-state index contributed by atoms with van der Waals surface area (Å²) in [6.45, 7) is 0.544. The van der Waals surface area contributed by atoms with Gasteiger partial charge in [-0.25, -0.2) is 4.39 Å². The van der Waals surface area contributed by atoms with E-state index in [1.54, 1.807) is 24.3 Å². The number of hydrogen-bond donors (Lipinski definition) is 0. The van der Waals surface area contributed by atoms with Gasteiger partial charge in [0.15, 0.2) is 0 Å². The van der Waals surface area contributed by atoms with Gasteiger partial charge in [-0.05, 0) is 48.0 Å². The second-order valence-corrected chi connectivity index (χ2v) is 6.93. The molecule has 0 atom stereocenters. The molecule has 0 bridgehead atoms. The summed E-state index contributed by atoms with van der Waals surface area (Å²) in [6, 6.07) is 18.5. The quantitative estimate of drug-likeness (QED) is 0.551. The first-order valence-electron chi connectivity index (χ1n) is 8.22. The van der Waals surface area contributed by atoms with Gasteiger partial charge < -0.3 is 4.90 Å². The van der Waals surface area contributed by atoms with E-state index in [0.717, 1.165) is 16.8 Å². The second-order valence-electron chi connectivity index (χ2n) is 6.08. The van der Waals surface area contributed by atoms with E-state index in [0.29, 0.717) is 17.4 Å². The maximum Gasteiger partial charge on any atom is 0.280 e. The number of halogens is 3. The van der Waals surface area contributed by atoms with Crippen LogP contribution in [0.5, 0.6) is 0 Å². The minimum absolute atomic E-state index is 0.247. The Morgan fingerprint density at radius 3 is 2.48 bits per heavy atom. The van der Waals surface area contributed by atoms with Crippen molar-refractivity contribution in [1.82, 2.24) is 0 Å². The average molecular weight is 399 g/mol. The van der Waals surface area contributed by atoms with E-state index in [9.17, 15) is 9.18 Å². The molecular formula is C21H13Cl2FN2O. The zero-order valence-electron chi connectivity index (χ0n) is 14.0. The van der Waals surface area contributed by atoms with Crippen LogP contribution in [0.1, 0.15) is 21.5 Å². The van der Waals surface area contributed by atoms with Crippen molar-refractivity contribution in [2.24, 2.45) is 4.99 Å². The van der Waals surface area contributed by atoms with Gasteiger partial charge in [0.05, 0.1) is 17.1 Å². The molecule has 0 saturated carbocycles. The molecule has 0 N–H and O–H groups in total.